The third kappa shape index (κ3) is 5.44. The van der Waals surface area contributed by atoms with Gasteiger partial charge >= 0.3 is 0 Å². The van der Waals surface area contributed by atoms with Crippen molar-refractivity contribution >= 4 is 107 Å². The molecule has 0 fully saturated rings. The largest absolute Gasteiger partial charge is 0.292 e. The van der Waals surface area contributed by atoms with Crippen LogP contribution in [0.3, 0.4) is 0 Å². The Morgan fingerprint density at radius 3 is 1.85 bits per heavy atom. The maximum absolute atomic E-state index is 6.71. The zero-order chi connectivity index (χ0) is 36.1. The van der Waals surface area contributed by atoms with Crippen molar-refractivity contribution in [2.45, 2.75) is 6.42 Å². The molecule has 0 saturated heterocycles. The van der Waals surface area contributed by atoms with Gasteiger partial charge in [0, 0.05) is 11.3 Å². The Morgan fingerprint density at radius 1 is 0.596 bits per heavy atom. The molecule has 2 nitrogen and oxygen atoms in total. The quantitative estimate of drug-likeness (QED) is 0.140. The molecule has 8 aromatic rings. The molecular formula is C44H24B6N2. The lowest BCUT2D eigenvalue weighted by Gasteiger charge is -2.26. The number of allylic oxidation sites excluding steroid dienone is 1. The Balaban J connectivity index is 1.38. The molecule has 0 saturated carbocycles. The number of aromatic nitrogens is 2. The van der Waals surface area contributed by atoms with Gasteiger partial charge in [0.15, 0.2) is 0 Å². The molecule has 0 amide bonds. The summed E-state index contributed by atoms with van der Waals surface area (Å²) < 4.78 is 2.23. The van der Waals surface area contributed by atoms with Crippen molar-refractivity contribution in [2.75, 3.05) is 0 Å². The highest BCUT2D eigenvalue weighted by molar-refractivity contribution is 6.65. The Bertz CT molecular complexity index is 2740. The van der Waals surface area contributed by atoms with Crippen LogP contribution in [0, 0.1) is 12.3 Å². The normalized spacial score (nSPS) is 11.9. The third-order valence-electron chi connectivity index (χ3n) is 9.86. The molecule has 8 rings (SSSR count). The van der Waals surface area contributed by atoms with Gasteiger partial charge in [-0.3, -0.25) is 4.57 Å². The summed E-state index contributed by atoms with van der Waals surface area (Å²) in [6.07, 6.45) is 5.98. The number of imidazole rings is 1. The highest BCUT2D eigenvalue weighted by Gasteiger charge is 2.21. The summed E-state index contributed by atoms with van der Waals surface area (Å²) in [5.74, 6) is 3.29. The van der Waals surface area contributed by atoms with Gasteiger partial charge in [-0.15, -0.1) is 22.8 Å². The maximum atomic E-state index is 6.71. The number of terminal acetylenes is 1. The van der Waals surface area contributed by atoms with Crippen LogP contribution in [0.4, 0.5) is 0 Å². The van der Waals surface area contributed by atoms with Crippen LogP contribution in [-0.4, -0.2) is 56.6 Å². The van der Waals surface area contributed by atoms with Crippen molar-refractivity contribution in [3.8, 4) is 40.5 Å². The fourth-order valence-electron chi connectivity index (χ4n) is 7.35. The second kappa shape index (κ2) is 13.4. The third-order valence-corrected chi connectivity index (χ3v) is 9.86. The summed E-state index contributed by atoms with van der Waals surface area (Å²) in [7, 11) is 38.7. The molecule has 8 heteroatoms. The molecule has 0 atom stereocenters. The van der Waals surface area contributed by atoms with E-state index in [-0.39, 0.29) is 32.8 Å². The predicted octanol–water partition coefficient (Wildman–Crippen LogP) is 5.07. The molecule has 0 spiro atoms. The monoisotopic (exact) mass is 646 g/mol. The van der Waals surface area contributed by atoms with Crippen molar-refractivity contribution in [3.05, 3.63) is 150 Å². The second-order valence-electron chi connectivity index (χ2n) is 12.8. The summed E-state index contributed by atoms with van der Waals surface area (Å²) in [5.41, 5.74) is 9.09. The van der Waals surface area contributed by atoms with Crippen LogP contribution in [0.15, 0.2) is 133 Å². The summed E-state index contributed by atoms with van der Waals surface area (Å²) in [5, 5.41) is 4.20. The van der Waals surface area contributed by atoms with Crippen molar-refractivity contribution in [2.24, 2.45) is 0 Å². The van der Waals surface area contributed by atoms with Crippen molar-refractivity contribution in [3.63, 3.8) is 0 Å². The topological polar surface area (TPSA) is 17.8 Å². The van der Waals surface area contributed by atoms with Gasteiger partial charge < -0.3 is 0 Å². The van der Waals surface area contributed by atoms with E-state index in [0.29, 0.717) is 17.5 Å². The van der Waals surface area contributed by atoms with E-state index >= 15 is 0 Å². The number of benzene rings is 7. The first-order valence-electron chi connectivity index (χ1n) is 16.8. The maximum Gasteiger partial charge on any atom is 0.145 e. The number of para-hydroxylation sites is 2. The number of nitrogens with zero attached hydrogens (tertiary/aromatic N) is 2. The summed E-state index contributed by atoms with van der Waals surface area (Å²) in [4.78, 5) is 5.07. The van der Waals surface area contributed by atoms with Crippen LogP contribution >= 0.6 is 0 Å². The molecule has 0 aliphatic heterocycles. The fraction of sp³-hybridized carbons (Fsp3) is 0.0227. The van der Waals surface area contributed by atoms with Crippen molar-refractivity contribution in [1.29, 1.82) is 0 Å². The highest BCUT2D eigenvalue weighted by Crippen LogP contribution is 2.41. The van der Waals surface area contributed by atoms with Gasteiger partial charge in [0.05, 0.1) is 11.0 Å². The van der Waals surface area contributed by atoms with Gasteiger partial charge in [-0.25, -0.2) is 4.98 Å². The Kier molecular flexibility index (Phi) is 8.60. The Labute approximate surface area is 311 Å². The van der Waals surface area contributed by atoms with Crippen LogP contribution in [0.1, 0.15) is 16.7 Å². The smallest absolute Gasteiger partial charge is 0.145 e. The number of fused-ring (bicyclic) bond motifs is 3. The molecule has 7 aromatic carbocycles. The fourth-order valence-corrected chi connectivity index (χ4v) is 7.35. The minimum absolute atomic E-state index is 0.0301. The predicted molar refractivity (Wildman–Crippen MR) is 225 cm³/mol. The molecular weight excluding hydrogens is 621 g/mol. The van der Waals surface area contributed by atoms with Crippen LogP contribution in [0.25, 0.3) is 66.3 Å². The van der Waals surface area contributed by atoms with Gasteiger partial charge in [0.25, 0.3) is 0 Å². The minimum Gasteiger partial charge on any atom is -0.292 e. The standard InChI is InChI=1S/C44H24B6N2/c1-2-34(45)40(47)38-33(39(46)42(49)43(50)41(38)48)24-32-28-17-6-8-19-30(28)37(31-20-9-7-18-29(31)32)26-15-12-16-27(23-26)52-36-22-11-10-21-35(36)51-44(52)25-13-4-3-5-14-25/h1,3-23H,24H2/b40-34-. The number of rotatable bonds is 6. The molecule has 0 N–H and O–H groups in total. The van der Waals surface area contributed by atoms with Gasteiger partial charge in [-0.2, -0.15) is 0 Å². The van der Waals surface area contributed by atoms with Crippen LogP contribution in [0.5, 0.6) is 0 Å². The first-order valence-corrected chi connectivity index (χ1v) is 16.8. The lowest BCUT2D eigenvalue weighted by Crippen LogP contribution is -2.50. The lowest BCUT2D eigenvalue weighted by molar-refractivity contribution is 1.10. The average molecular weight is 646 g/mol. The van der Waals surface area contributed by atoms with Crippen molar-refractivity contribution in [1.82, 2.24) is 9.55 Å². The Hall–Kier alpha value is -5.78. The van der Waals surface area contributed by atoms with Crippen LogP contribution < -0.4 is 21.9 Å². The van der Waals surface area contributed by atoms with E-state index in [2.05, 4.69) is 89.4 Å². The highest BCUT2D eigenvalue weighted by atomic mass is 15.1. The summed E-state index contributed by atoms with van der Waals surface area (Å²) in [6, 6.07) is 43.8. The summed E-state index contributed by atoms with van der Waals surface area (Å²) >= 11 is 0. The van der Waals surface area contributed by atoms with Gasteiger partial charge in [-0.1, -0.05) is 125 Å². The molecule has 0 aliphatic carbocycles. The molecule has 0 bridgehead atoms. The van der Waals surface area contributed by atoms with E-state index in [1.165, 1.54) is 0 Å². The Morgan fingerprint density at radius 2 is 1.17 bits per heavy atom. The van der Waals surface area contributed by atoms with Gasteiger partial charge in [0.2, 0.25) is 0 Å². The average Bonchev–Trinajstić information content (AvgIpc) is 3.58. The first kappa shape index (κ1) is 33.4. The molecule has 0 unspecified atom stereocenters. The van der Waals surface area contributed by atoms with Crippen molar-refractivity contribution < 1.29 is 0 Å². The minimum atomic E-state index is 0.0301. The molecule has 52 heavy (non-hydrogen) atoms. The van der Waals surface area contributed by atoms with E-state index in [1.807, 2.05) is 48.5 Å². The lowest BCUT2D eigenvalue weighted by atomic mass is 9.59. The zero-order valence-electron chi connectivity index (χ0n) is 28.3. The van der Waals surface area contributed by atoms with E-state index in [4.69, 9.17) is 58.5 Å². The number of hydrogen-bond acceptors (Lipinski definition) is 1. The van der Waals surface area contributed by atoms with Gasteiger partial charge in [0.1, 0.15) is 52.9 Å². The first-order chi connectivity index (χ1) is 25.3. The van der Waals surface area contributed by atoms with Crippen LogP contribution in [-0.2, 0) is 6.42 Å². The van der Waals surface area contributed by atoms with E-state index in [0.717, 1.165) is 66.3 Å². The van der Waals surface area contributed by atoms with Crippen LogP contribution in [0.2, 0.25) is 0 Å². The van der Waals surface area contributed by atoms with E-state index in [1.54, 1.807) is 0 Å². The zero-order valence-corrected chi connectivity index (χ0v) is 28.3. The van der Waals surface area contributed by atoms with E-state index < -0.39 is 0 Å². The van der Waals surface area contributed by atoms with Gasteiger partial charge in [-0.05, 0) is 80.0 Å². The second-order valence-corrected chi connectivity index (χ2v) is 12.8. The SMILES string of the molecule is [B]/C(C#C)=C(\[B])c1c([B])c([B])c([B])c([B])c1Cc1c2ccccc2c(-c2cccc(-n3c(-c4ccccc4)nc4ccccc43)c2)c2ccccc12. The molecule has 1 aromatic heterocycles. The molecule has 1 heterocycles. The number of hydrogen-bond donors (Lipinski definition) is 0. The molecule has 228 valence electrons. The molecule has 12 radical (unpaired) electrons. The summed E-state index contributed by atoms with van der Waals surface area (Å²) in [6.45, 7) is 0. The molecule has 0 aliphatic rings. The van der Waals surface area contributed by atoms with E-state index in [9.17, 15) is 0 Å².